The van der Waals surface area contributed by atoms with Crippen molar-refractivity contribution < 1.29 is 14.3 Å². The maximum atomic E-state index is 11.9. The average molecular weight is 381 g/mol. The molecule has 0 fully saturated rings. The number of ether oxygens (including phenoxy) is 1. The number of aromatic nitrogens is 3. The molecule has 28 heavy (non-hydrogen) atoms. The Morgan fingerprint density at radius 3 is 2.64 bits per heavy atom. The summed E-state index contributed by atoms with van der Waals surface area (Å²) in [6.07, 6.45) is 2.43. The molecule has 0 aliphatic carbocycles. The Kier molecular flexibility index (Phi) is 6.56. The van der Waals surface area contributed by atoms with Gasteiger partial charge in [0.2, 0.25) is 0 Å². The first-order valence-electron chi connectivity index (χ1n) is 9.24. The first-order chi connectivity index (χ1) is 13.7. The van der Waals surface area contributed by atoms with Crippen LogP contribution < -0.4 is 10.6 Å². The molecular weight excluding hydrogens is 358 g/mol. The minimum Gasteiger partial charge on any atom is -0.466 e. The van der Waals surface area contributed by atoms with Gasteiger partial charge in [-0.15, -0.1) is 0 Å². The Bertz CT molecular complexity index is 939. The number of fused-ring (bicyclic) bond motifs is 1. The maximum Gasteiger partial charge on any atom is 0.314 e. The fourth-order valence-corrected chi connectivity index (χ4v) is 2.84. The number of benzene rings is 1. The van der Waals surface area contributed by atoms with Crippen LogP contribution in [0.15, 0.2) is 48.7 Å². The number of pyridine rings is 1. The molecular formula is C20H23N5O3. The SMILES string of the molecule is CCOC(=O)CCNC(=O)NCCc1nc2cccnc2n1-c1ccccc1. The third-order valence-corrected chi connectivity index (χ3v) is 4.05. The molecule has 2 N–H and O–H groups in total. The van der Waals surface area contributed by atoms with Crippen LogP contribution in [-0.4, -0.2) is 46.2 Å². The highest BCUT2D eigenvalue weighted by Gasteiger charge is 2.13. The number of esters is 1. The summed E-state index contributed by atoms with van der Waals surface area (Å²) in [7, 11) is 0. The summed E-state index contributed by atoms with van der Waals surface area (Å²) in [6, 6.07) is 13.3. The third kappa shape index (κ3) is 4.85. The largest absolute Gasteiger partial charge is 0.466 e. The number of rotatable bonds is 8. The van der Waals surface area contributed by atoms with Crippen LogP contribution >= 0.6 is 0 Å². The third-order valence-electron chi connectivity index (χ3n) is 4.05. The van der Waals surface area contributed by atoms with Crippen molar-refractivity contribution in [3.8, 4) is 5.69 Å². The minimum atomic E-state index is -0.329. The molecule has 3 rings (SSSR count). The Labute approximate surface area is 162 Å². The highest BCUT2D eigenvalue weighted by Crippen LogP contribution is 2.19. The van der Waals surface area contributed by atoms with Gasteiger partial charge in [-0.05, 0) is 31.2 Å². The van der Waals surface area contributed by atoms with Gasteiger partial charge in [0, 0.05) is 31.4 Å². The molecule has 0 saturated carbocycles. The summed E-state index contributed by atoms with van der Waals surface area (Å²) >= 11 is 0. The second kappa shape index (κ2) is 9.50. The Morgan fingerprint density at radius 2 is 1.86 bits per heavy atom. The molecule has 146 valence electrons. The lowest BCUT2D eigenvalue weighted by molar-refractivity contribution is -0.142. The zero-order chi connectivity index (χ0) is 19.8. The Morgan fingerprint density at radius 1 is 1.07 bits per heavy atom. The summed E-state index contributed by atoms with van der Waals surface area (Å²) < 4.78 is 6.81. The van der Waals surface area contributed by atoms with Crippen molar-refractivity contribution >= 4 is 23.2 Å². The van der Waals surface area contributed by atoms with Crippen LogP contribution in [0.2, 0.25) is 0 Å². The first-order valence-corrected chi connectivity index (χ1v) is 9.24. The monoisotopic (exact) mass is 381 g/mol. The predicted molar refractivity (Wildman–Crippen MR) is 105 cm³/mol. The smallest absolute Gasteiger partial charge is 0.314 e. The molecule has 2 heterocycles. The Balaban J connectivity index is 1.60. The van der Waals surface area contributed by atoms with Crippen molar-refractivity contribution in [2.45, 2.75) is 19.8 Å². The van der Waals surface area contributed by atoms with Gasteiger partial charge in [0.1, 0.15) is 11.3 Å². The predicted octanol–water partition coefficient (Wildman–Crippen LogP) is 2.22. The summed E-state index contributed by atoms with van der Waals surface area (Å²) in [5.74, 6) is 0.485. The lowest BCUT2D eigenvalue weighted by Crippen LogP contribution is -2.38. The highest BCUT2D eigenvalue weighted by molar-refractivity contribution is 5.76. The number of hydrogen-bond acceptors (Lipinski definition) is 5. The van der Waals surface area contributed by atoms with Gasteiger partial charge in [-0.25, -0.2) is 14.8 Å². The van der Waals surface area contributed by atoms with E-state index in [1.807, 2.05) is 47.0 Å². The molecule has 0 atom stereocenters. The van der Waals surface area contributed by atoms with E-state index >= 15 is 0 Å². The van der Waals surface area contributed by atoms with Gasteiger partial charge in [-0.1, -0.05) is 18.2 Å². The molecule has 0 bridgehead atoms. The molecule has 2 amide bonds. The van der Waals surface area contributed by atoms with E-state index in [1.165, 1.54) is 0 Å². The molecule has 8 heteroatoms. The first kappa shape index (κ1) is 19.3. The van der Waals surface area contributed by atoms with E-state index < -0.39 is 0 Å². The maximum absolute atomic E-state index is 11.9. The van der Waals surface area contributed by atoms with E-state index in [4.69, 9.17) is 4.74 Å². The number of para-hydroxylation sites is 1. The number of carbonyl (C=O) groups excluding carboxylic acids is 2. The van der Waals surface area contributed by atoms with Gasteiger partial charge in [0.05, 0.1) is 13.0 Å². The molecule has 2 aromatic heterocycles. The van der Waals surface area contributed by atoms with Crippen LogP contribution in [0.1, 0.15) is 19.2 Å². The van der Waals surface area contributed by atoms with Crippen LogP contribution in [0.3, 0.4) is 0 Å². The summed E-state index contributed by atoms with van der Waals surface area (Å²) in [5, 5.41) is 5.42. The molecule has 0 aliphatic heterocycles. The van der Waals surface area contributed by atoms with Gasteiger partial charge in [-0.2, -0.15) is 0 Å². The van der Waals surface area contributed by atoms with E-state index in [0.29, 0.717) is 19.6 Å². The van der Waals surface area contributed by atoms with Gasteiger partial charge in [-0.3, -0.25) is 9.36 Å². The number of nitrogens with one attached hydrogen (secondary N) is 2. The van der Waals surface area contributed by atoms with E-state index in [0.717, 1.165) is 22.7 Å². The fourth-order valence-electron chi connectivity index (χ4n) is 2.84. The second-order valence-electron chi connectivity index (χ2n) is 6.03. The van der Waals surface area contributed by atoms with Crippen LogP contribution in [0.4, 0.5) is 4.79 Å². The molecule has 0 radical (unpaired) electrons. The van der Waals surface area contributed by atoms with E-state index in [-0.39, 0.29) is 25.0 Å². The summed E-state index contributed by atoms with van der Waals surface area (Å²) in [4.78, 5) is 32.3. The Hall–Kier alpha value is -3.42. The molecule has 1 aromatic carbocycles. The van der Waals surface area contributed by atoms with Crippen LogP contribution in [-0.2, 0) is 16.0 Å². The number of nitrogens with zero attached hydrogens (tertiary/aromatic N) is 3. The van der Waals surface area contributed by atoms with Gasteiger partial charge >= 0.3 is 12.0 Å². The van der Waals surface area contributed by atoms with Gasteiger partial charge in [0.15, 0.2) is 5.65 Å². The molecule has 0 saturated heterocycles. The van der Waals surface area contributed by atoms with Crippen molar-refractivity contribution in [1.82, 2.24) is 25.2 Å². The molecule has 0 unspecified atom stereocenters. The zero-order valence-corrected chi connectivity index (χ0v) is 15.7. The van der Waals surface area contributed by atoms with Crippen molar-refractivity contribution in [1.29, 1.82) is 0 Å². The molecule has 0 spiro atoms. The fraction of sp³-hybridized carbons (Fsp3) is 0.300. The van der Waals surface area contributed by atoms with Crippen molar-refractivity contribution in [2.75, 3.05) is 19.7 Å². The lowest BCUT2D eigenvalue weighted by atomic mass is 10.3. The van der Waals surface area contributed by atoms with Crippen molar-refractivity contribution in [3.63, 3.8) is 0 Å². The van der Waals surface area contributed by atoms with Crippen LogP contribution in [0.5, 0.6) is 0 Å². The van der Waals surface area contributed by atoms with Crippen molar-refractivity contribution in [2.24, 2.45) is 0 Å². The number of urea groups is 1. The van der Waals surface area contributed by atoms with Crippen molar-refractivity contribution in [3.05, 3.63) is 54.5 Å². The van der Waals surface area contributed by atoms with Gasteiger partial charge in [0.25, 0.3) is 0 Å². The summed E-state index contributed by atoms with van der Waals surface area (Å²) in [6.45, 7) is 2.72. The number of amides is 2. The van der Waals surface area contributed by atoms with E-state index in [2.05, 4.69) is 20.6 Å². The highest BCUT2D eigenvalue weighted by atomic mass is 16.5. The van der Waals surface area contributed by atoms with Crippen LogP contribution in [0, 0.1) is 0 Å². The van der Waals surface area contributed by atoms with E-state index in [9.17, 15) is 9.59 Å². The van der Waals surface area contributed by atoms with E-state index in [1.54, 1.807) is 13.1 Å². The minimum absolute atomic E-state index is 0.150. The molecule has 3 aromatic rings. The number of imidazole rings is 1. The number of hydrogen-bond donors (Lipinski definition) is 2. The molecule has 0 aliphatic rings. The second-order valence-corrected chi connectivity index (χ2v) is 6.03. The van der Waals surface area contributed by atoms with Crippen LogP contribution in [0.25, 0.3) is 16.9 Å². The topological polar surface area (TPSA) is 98.1 Å². The average Bonchev–Trinajstić information content (AvgIpc) is 3.07. The number of carbonyl (C=O) groups is 2. The summed E-state index contributed by atoms with van der Waals surface area (Å²) in [5.41, 5.74) is 2.56. The normalized spacial score (nSPS) is 10.6. The standard InChI is InChI=1S/C20H23N5O3/c1-2-28-18(26)11-14-23-20(27)22-13-10-17-24-16-9-6-12-21-19(16)25(17)15-7-4-3-5-8-15/h3-9,12H,2,10-11,13-14H2,1H3,(H2,22,23,27). The quantitative estimate of drug-likeness (QED) is 0.583. The van der Waals surface area contributed by atoms with Gasteiger partial charge < -0.3 is 15.4 Å². The lowest BCUT2D eigenvalue weighted by Gasteiger charge is -2.10. The zero-order valence-electron chi connectivity index (χ0n) is 15.7. The molecule has 8 nitrogen and oxygen atoms in total.